The Hall–Kier alpha value is -1.94. The predicted octanol–water partition coefficient (Wildman–Crippen LogP) is 2.05. The molecule has 0 saturated heterocycles. The summed E-state index contributed by atoms with van der Waals surface area (Å²) in [7, 11) is 0. The Balaban J connectivity index is 2.51. The molecule has 2 N–H and O–H groups in total. The first-order chi connectivity index (χ1) is 9.02. The van der Waals surface area contributed by atoms with Crippen molar-refractivity contribution in [3.8, 4) is 11.3 Å². The number of rotatable bonds is 3. The monoisotopic (exact) mass is 257 g/mol. The van der Waals surface area contributed by atoms with E-state index in [9.17, 15) is 4.79 Å². The Kier molecular flexibility index (Phi) is 3.81. The maximum absolute atomic E-state index is 11.8. The third kappa shape index (κ3) is 2.74. The van der Waals surface area contributed by atoms with Crippen LogP contribution in [0.2, 0.25) is 0 Å². The number of aromatic nitrogens is 2. The average Bonchev–Trinajstić information content (AvgIpc) is 2.41. The standard InChI is InChI=1S/C15H19N3O/c1-10-4-5-13(8-11(10)2)14-6-7-15(19)18(17-14)12(3)9-16/h4-8,12H,9,16H2,1-3H3. The van der Waals surface area contributed by atoms with Gasteiger partial charge in [0.05, 0.1) is 11.7 Å². The molecule has 2 rings (SSSR count). The van der Waals surface area contributed by atoms with Crippen molar-refractivity contribution >= 4 is 0 Å². The number of benzene rings is 1. The van der Waals surface area contributed by atoms with Gasteiger partial charge in [-0.25, -0.2) is 4.68 Å². The molecule has 0 saturated carbocycles. The summed E-state index contributed by atoms with van der Waals surface area (Å²) in [6.07, 6.45) is 0. The van der Waals surface area contributed by atoms with Crippen LogP contribution in [0.25, 0.3) is 11.3 Å². The average molecular weight is 257 g/mol. The van der Waals surface area contributed by atoms with Crippen molar-refractivity contribution in [2.45, 2.75) is 26.8 Å². The van der Waals surface area contributed by atoms with Crippen LogP contribution in [0.5, 0.6) is 0 Å². The highest BCUT2D eigenvalue weighted by molar-refractivity contribution is 5.60. The van der Waals surface area contributed by atoms with Crippen LogP contribution in [0.15, 0.2) is 35.1 Å². The second-order valence-electron chi connectivity index (χ2n) is 4.89. The van der Waals surface area contributed by atoms with Gasteiger partial charge in [-0.1, -0.05) is 12.1 Å². The van der Waals surface area contributed by atoms with Crippen LogP contribution in [0.4, 0.5) is 0 Å². The number of nitrogens with two attached hydrogens (primary N) is 1. The minimum absolute atomic E-state index is 0.0982. The van der Waals surface area contributed by atoms with Gasteiger partial charge in [-0.3, -0.25) is 4.79 Å². The summed E-state index contributed by atoms with van der Waals surface area (Å²) in [6.45, 7) is 6.42. The largest absolute Gasteiger partial charge is 0.328 e. The summed E-state index contributed by atoms with van der Waals surface area (Å²) >= 11 is 0. The minimum Gasteiger partial charge on any atom is -0.328 e. The van der Waals surface area contributed by atoms with Gasteiger partial charge in [0, 0.05) is 18.2 Å². The zero-order valence-corrected chi connectivity index (χ0v) is 11.6. The normalized spacial score (nSPS) is 12.4. The number of aryl methyl sites for hydroxylation is 2. The Morgan fingerprint density at radius 1 is 1.21 bits per heavy atom. The molecule has 0 radical (unpaired) electrons. The van der Waals surface area contributed by atoms with Crippen LogP contribution >= 0.6 is 0 Å². The number of hydrogen-bond donors (Lipinski definition) is 1. The topological polar surface area (TPSA) is 60.9 Å². The lowest BCUT2D eigenvalue weighted by Gasteiger charge is -2.13. The van der Waals surface area contributed by atoms with Gasteiger partial charge in [0.25, 0.3) is 5.56 Å². The van der Waals surface area contributed by atoms with Gasteiger partial charge in [-0.15, -0.1) is 0 Å². The first-order valence-corrected chi connectivity index (χ1v) is 6.40. The van der Waals surface area contributed by atoms with Crippen LogP contribution in [0.1, 0.15) is 24.1 Å². The molecular formula is C15H19N3O. The van der Waals surface area contributed by atoms with Crippen molar-refractivity contribution in [3.63, 3.8) is 0 Å². The molecule has 1 heterocycles. The van der Waals surface area contributed by atoms with Gasteiger partial charge < -0.3 is 5.73 Å². The molecule has 0 aliphatic heterocycles. The van der Waals surface area contributed by atoms with E-state index >= 15 is 0 Å². The lowest BCUT2D eigenvalue weighted by molar-refractivity contribution is 0.477. The van der Waals surface area contributed by atoms with E-state index in [-0.39, 0.29) is 11.6 Å². The fourth-order valence-electron chi connectivity index (χ4n) is 1.90. The lowest BCUT2D eigenvalue weighted by atomic mass is 10.0. The smallest absolute Gasteiger partial charge is 0.267 e. The maximum atomic E-state index is 11.8. The van der Waals surface area contributed by atoms with Crippen molar-refractivity contribution in [1.82, 2.24) is 9.78 Å². The van der Waals surface area contributed by atoms with E-state index in [0.717, 1.165) is 11.3 Å². The van der Waals surface area contributed by atoms with Crippen LogP contribution in [-0.4, -0.2) is 16.3 Å². The molecular weight excluding hydrogens is 238 g/mol. The molecule has 19 heavy (non-hydrogen) atoms. The molecule has 0 fully saturated rings. The maximum Gasteiger partial charge on any atom is 0.267 e. The molecule has 0 aliphatic carbocycles. The third-order valence-electron chi connectivity index (χ3n) is 3.39. The summed E-state index contributed by atoms with van der Waals surface area (Å²) in [4.78, 5) is 11.8. The molecule has 0 bridgehead atoms. The van der Waals surface area contributed by atoms with E-state index < -0.39 is 0 Å². The lowest BCUT2D eigenvalue weighted by Crippen LogP contribution is -2.29. The molecule has 4 heteroatoms. The fourth-order valence-corrected chi connectivity index (χ4v) is 1.90. The summed E-state index contributed by atoms with van der Waals surface area (Å²) in [5.41, 5.74) is 9.75. The van der Waals surface area contributed by atoms with Crippen molar-refractivity contribution in [3.05, 3.63) is 51.8 Å². The molecule has 0 amide bonds. The summed E-state index contributed by atoms with van der Waals surface area (Å²) in [6, 6.07) is 9.37. The molecule has 1 aromatic carbocycles. The number of hydrogen-bond acceptors (Lipinski definition) is 3. The van der Waals surface area contributed by atoms with E-state index in [0.29, 0.717) is 6.54 Å². The van der Waals surface area contributed by atoms with Gasteiger partial charge in [0.2, 0.25) is 0 Å². The first kappa shape index (κ1) is 13.5. The SMILES string of the molecule is Cc1ccc(-c2ccc(=O)n(C(C)CN)n2)cc1C. The van der Waals surface area contributed by atoms with Crippen molar-refractivity contribution in [1.29, 1.82) is 0 Å². The van der Waals surface area contributed by atoms with Crippen LogP contribution in [0.3, 0.4) is 0 Å². The van der Waals surface area contributed by atoms with Gasteiger partial charge in [-0.05, 0) is 44.0 Å². The van der Waals surface area contributed by atoms with Gasteiger partial charge in [-0.2, -0.15) is 5.10 Å². The van der Waals surface area contributed by atoms with E-state index in [1.54, 1.807) is 12.1 Å². The minimum atomic E-state index is -0.120. The Bertz CT molecular complexity index is 646. The van der Waals surface area contributed by atoms with Crippen LogP contribution in [0, 0.1) is 13.8 Å². The highest BCUT2D eigenvalue weighted by atomic mass is 16.1. The van der Waals surface area contributed by atoms with Crippen molar-refractivity contribution in [2.24, 2.45) is 5.73 Å². The molecule has 1 aromatic heterocycles. The second kappa shape index (κ2) is 5.36. The first-order valence-electron chi connectivity index (χ1n) is 6.40. The van der Waals surface area contributed by atoms with Crippen molar-refractivity contribution in [2.75, 3.05) is 6.54 Å². The van der Waals surface area contributed by atoms with Gasteiger partial charge in [0.1, 0.15) is 0 Å². The zero-order chi connectivity index (χ0) is 14.0. The van der Waals surface area contributed by atoms with Crippen LogP contribution < -0.4 is 11.3 Å². The Morgan fingerprint density at radius 3 is 2.58 bits per heavy atom. The van der Waals surface area contributed by atoms with E-state index in [2.05, 4.69) is 31.1 Å². The van der Waals surface area contributed by atoms with Gasteiger partial charge in [0.15, 0.2) is 0 Å². The molecule has 1 unspecified atom stereocenters. The van der Waals surface area contributed by atoms with E-state index in [4.69, 9.17) is 5.73 Å². The molecule has 0 aliphatic rings. The number of nitrogens with zero attached hydrogens (tertiary/aromatic N) is 2. The molecule has 4 nitrogen and oxygen atoms in total. The zero-order valence-electron chi connectivity index (χ0n) is 11.6. The van der Waals surface area contributed by atoms with Crippen molar-refractivity contribution < 1.29 is 0 Å². The van der Waals surface area contributed by atoms with E-state index in [1.165, 1.54) is 15.8 Å². The van der Waals surface area contributed by atoms with E-state index in [1.807, 2.05) is 13.0 Å². The second-order valence-corrected chi connectivity index (χ2v) is 4.89. The fraction of sp³-hybridized carbons (Fsp3) is 0.333. The Labute approximate surface area is 112 Å². The summed E-state index contributed by atoms with van der Waals surface area (Å²) in [5.74, 6) is 0. The Morgan fingerprint density at radius 2 is 1.95 bits per heavy atom. The molecule has 2 aromatic rings. The summed E-state index contributed by atoms with van der Waals surface area (Å²) in [5, 5.41) is 4.41. The summed E-state index contributed by atoms with van der Waals surface area (Å²) < 4.78 is 1.45. The molecule has 100 valence electrons. The molecule has 0 spiro atoms. The van der Waals surface area contributed by atoms with Crippen LogP contribution in [-0.2, 0) is 0 Å². The highest BCUT2D eigenvalue weighted by Gasteiger charge is 2.08. The van der Waals surface area contributed by atoms with Gasteiger partial charge >= 0.3 is 0 Å². The molecule has 1 atom stereocenters. The third-order valence-corrected chi connectivity index (χ3v) is 3.39. The highest BCUT2D eigenvalue weighted by Crippen LogP contribution is 2.19. The quantitative estimate of drug-likeness (QED) is 0.915. The predicted molar refractivity (Wildman–Crippen MR) is 77.2 cm³/mol.